The van der Waals surface area contributed by atoms with Crippen LogP contribution in [0, 0.1) is 5.95 Å². The zero-order chi connectivity index (χ0) is 20.0. The lowest BCUT2D eigenvalue weighted by atomic mass is 10.1. The Morgan fingerprint density at radius 1 is 1.17 bits per heavy atom. The van der Waals surface area contributed by atoms with E-state index in [0.29, 0.717) is 5.56 Å². The van der Waals surface area contributed by atoms with Crippen molar-refractivity contribution in [2.45, 2.75) is 24.6 Å². The molecule has 29 heavy (non-hydrogen) atoms. The summed E-state index contributed by atoms with van der Waals surface area (Å²) >= 11 is 1.66. The molecular weight excluding hydrogens is 385 g/mol. The van der Waals surface area contributed by atoms with Gasteiger partial charge in [-0.05, 0) is 37.1 Å². The van der Waals surface area contributed by atoms with Gasteiger partial charge >= 0.3 is 0 Å². The topological polar surface area (TPSA) is 35.5 Å². The van der Waals surface area contributed by atoms with Crippen molar-refractivity contribution < 1.29 is 4.39 Å². The summed E-state index contributed by atoms with van der Waals surface area (Å²) in [5, 5.41) is -0.120. The van der Waals surface area contributed by atoms with Gasteiger partial charge in [0.25, 0.3) is 0 Å². The zero-order valence-electron chi connectivity index (χ0n) is 16.5. The quantitative estimate of drug-likeness (QED) is 0.693. The first kappa shape index (κ1) is 18.5. The van der Waals surface area contributed by atoms with E-state index in [4.69, 9.17) is 0 Å². The molecule has 1 saturated heterocycles. The van der Waals surface area contributed by atoms with Gasteiger partial charge in [0.05, 0.1) is 16.8 Å². The van der Waals surface area contributed by atoms with E-state index in [1.807, 2.05) is 37.5 Å². The molecule has 3 aliphatic rings. The number of thioether (sulfide) groups is 1. The molecule has 7 heteroatoms. The Kier molecular flexibility index (Phi) is 4.70. The van der Waals surface area contributed by atoms with Crippen LogP contribution in [-0.2, 0) is 0 Å². The number of hydrogen-bond donors (Lipinski definition) is 0. The van der Waals surface area contributed by atoms with E-state index in [1.165, 1.54) is 5.70 Å². The molecule has 0 aliphatic carbocycles. The van der Waals surface area contributed by atoms with E-state index in [9.17, 15) is 0 Å². The molecule has 1 atom stereocenters. The van der Waals surface area contributed by atoms with E-state index < -0.39 is 0 Å². The molecule has 2 aromatic rings. The molecule has 5 heterocycles. The predicted octanol–water partition coefficient (Wildman–Crippen LogP) is 4.53. The Labute approximate surface area is 174 Å². The maximum absolute atomic E-state index is 15.0. The summed E-state index contributed by atoms with van der Waals surface area (Å²) in [5.41, 5.74) is 3.86. The SMILES string of the molecule is C=C1C2=C(CCN1c1cccnc1)N(C)C(c1ccc(N3CCCC3)nc1F)S2. The van der Waals surface area contributed by atoms with Crippen LogP contribution >= 0.6 is 11.8 Å². The van der Waals surface area contributed by atoms with Crippen LogP contribution in [0.2, 0.25) is 0 Å². The number of rotatable bonds is 3. The monoisotopic (exact) mass is 409 g/mol. The first-order chi connectivity index (χ1) is 14.1. The molecule has 0 spiro atoms. The van der Waals surface area contributed by atoms with Gasteiger partial charge in [-0.1, -0.05) is 18.3 Å². The molecule has 3 aliphatic heterocycles. The third-order valence-electron chi connectivity index (χ3n) is 5.95. The van der Waals surface area contributed by atoms with Crippen molar-refractivity contribution in [1.82, 2.24) is 14.9 Å². The molecule has 1 fully saturated rings. The fourth-order valence-corrected chi connectivity index (χ4v) is 5.81. The van der Waals surface area contributed by atoms with Crippen LogP contribution in [-0.4, -0.2) is 41.5 Å². The van der Waals surface area contributed by atoms with Gasteiger partial charge in [-0.3, -0.25) is 4.98 Å². The number of aromatic nitrogens is 2. The Hall–Kier alpha value is -2.54. The smallest absolute Gasteiger partial charge is 0.220 e. The lowest BCUT2D eigenvalue weighted by molar-refractivity contribution is 0.380. The lowest BCUT2D eigenvalue weighted by Crippen LogP contribution is -2.30. The highest BCUT2D eigenvalue weighted by molar-refractivity contribution is 8.03. The lowest BCUT2D eigenvalue weighted by Gasteiger charge is -2.32. The maximum atomic E-state index is 15.0. The van der Waals surface area contributed by atoms with E-state index in [0.717, 1.165) is 61.0 Å². The molecule has 150 valence electrons. The van der Waals surface area contributed by atoms with Crippen molar-refractivity contribution in [3.8, 4) is 0 Å². The Balaban J connectivity index is 1.39. The highest BCUT2D eigenvalue weighted by Crippen LogP contribution is 2.53. The van der Waals surface area contributed by atoms with Crippen molar-refractivity contribution >= 4 is 23.3 Å². The Morgan fingerprint density at radius 3 is 2.72 bits per heavy atom. The summed E-state index contributed by atoms with van der Waals surface area (Å²) in [6.45, 7) is 7.11. The predicted molar refractivity (Wildman–Crippen MR) is 116 cm³/mol. The number of hydrogen-bond acceptors (Lipinski definition) is 6. The second-order valence-corrected chi connectivity index (χ2v) is 8.75. The van der Waals surface area contributed by atoms with Gasteiger partial charge < -0.3 is 14.7 Å². The second-order valence-electron chi connectivity index (χ2n) is 7.66. The normalized spacial score (nSPS) is 21.9. The van der Waals surface area contributed by atoms with Crippen molar-refractivity contribution in [2.24, 2.45) is 0 Å². The van der Waals surface area contributed by atoms with E-state index in [2.05, 4.69) is 31.2 Å². The van der Waals surface area contributed by atoms with Crippen LogP contribution in [0.4, 0.5) is 15.9 Å². The molecule has 0 saturated carbocycles. The van der Waals surface area contributed by atoms with Crippen LogP contribution in [0.3, 0.4) is 0 Å². The van der Waals surface area contributed by atoms with Gasteiger partial charge in [-0.2, -0.15) is 4.39 Å². The molecule has 0 radical (unpaired) electrons. The number of pyridine rings is 2. The van der Waals surface area contributed by atoms with Crippen molar-refractivity contribution in [1.29, 1.82) is 0 Å². The maximum Gasteiger partial charge on any atom is 0.220 e. The molecule has 5 nitrogen and oxygen atoms in total. The van der Waals surface area contributed by atoms with Gasteiger partial charge in [-0.15, -0.1) is 0 Å². The van der Waals surface area contributed by atoms with Crippen LogP contribution in [0.25, 0.3) is 0 Å². The fourth-order valence-electron chi connectivity index (χ4n) is 4.37. The van der Waals surface area contributed by atoms with E-state index in [-0.39, 0.29) is 11.3 Å². The molecule has 0 aromatic carbocycles. The van der Waals surface area contributed by atoms with Crippen molar-refractivity contribution in [3.05, 3.63) is 71.0 Å². The Bertz CT molecular complexity index is 970. The summed E-state index contributed by atoms with van der Waals surface area (Å²) < 4.78 is 15.0. The first-order valence-electron chi connectivity index (χ1n) is 10.0. The van der Waals surface area contributed by atoms with Gasteiger partial charge in [0.15, 0.2) is 0 Å². The largest absolute Gasteiger partial charge is 0.360 e. The summed E-state index contributed by atoms with van der Waals surface area (Å²) in [4.78, 5) is 16.2. The standard InChI is InChI=1S/C22H24FN5S/c1-15-20-18(9-13-28(15)16-6-5-10-24-14-16)26(2)22(29-20)17-7-8-19(25-21(17)23)27-11-3-4-12-27/h5-8,10,14,22H,1,3-4,9,11-13H2,2H3. The number of halogens is 1. The van der Waals surface area contributed by atoms with Crippen LogP contribution in [0.5, 0.6) is 0 Å². The third kappa shape index (κ3) is 3.17. The van der Waals surface area contributed by atoms with Crippen LogP contribution < -0.4 is 9.80 Å². The van der Waals surface area contributed by atoms with Gasteiger partial charge in [-0.25, -0.2) is 4.98 Å². The minimum Gasteiger partial charge on any atom is -0.360 e. The molecule has 1 unspecified atom stereocenters. The second kappa shape index (κ2) is 7.37. The molecular formula is C22H24FN5S. The summed E-state index contributed by atoms with van der Waals surface area (Å²) in [6.07, 6.45) is 6.83. The van der Waals surface area contributed by atoms with Gasteiger partial charge in [0, 0.05) is 56.3 Å². The van der Waals surface area contributed by atoms with Crippen molar-refractivity contribution in [3.63, 3.8) is 0 Å². The minimum atomic E-state index is -0.367. The average Bonchev–Trinajstić information content (AvgIpc) is 3.38. The van der Waals surface area contributed by atoms with Gasteiger partial charge in [0.2, 0.25) is 5.95 Å². The molecule has 5 rings (SSSR count). The van der Waals surface area contributed by atoms with Crippen LogP contribution in [0.1, 0.15) is 30.2 Å². The molecule has 0 N–H and O–H groups in total. The minimum absolute atomic E-state index is 0.120. The zero-order valence-corrected chi connectivity index (χ0v) is 17.3. The number of nitrogens with zero attached hydrogens (tertiary/aromatic N) is 5. The van der Waals surface area contributed by atoms with E-state index in [1.54, 1.807) is 18.0 Å². The first-order valence-corrected chi connectivity index (χ1v) is 10.9. The number of anilines is 2. The summed E-state index contributed by atoms with van der Waals surface area (Å²) in [7, 11) is 2.04. The molecule has 0 amide bonds. The average molecular weight is 410 g/mol. The molecule has 0 bridgehead atoms. The summed E-state index contributed by atoms with van der Waals surface area (Å²) in [6, 6.07) is 7.86. The fraction of sp³-hybridized carbons (Fsp3) is 0.364. The Morgan fingerprint density at radius 2 is 2.00 bits per heavy atom. The van der Waals surface area contributed by atoms with E-state index >= 15 is 4.39 Å². The van der Waals surface area contributed by atoms with Gasteiger partial charge in [0.1, 0.15) is 11.2 Å². The highest BCUT2D eigenvalue weighted by atomic mass is 32.2. The highest BCUT2D eigenvalue weighted by Gasteiger charge is 2.38. The third-order valence-corrected chi connectivity index (χ3v) is 7.45. The van der Waals surface area contributed by atoms with Crippen LogP contribution in [0.15, 0.2) is 59.5 Å². The van der Waals surface area contributed by atoms with Crippen molar-refractivity contribution in [2.75, 3.05) is 36.5 Å². The molecule has 2 aromatic heterocycles. The summed E-state index contributed by atoms with van der Waals surface area (Å²) in [5.74, 6) is 0.382.